The van der Waals surface area contributed by atoms with Crippen molar-refractivity contribution in [3.05, 3.63) is 60.2 Å². The SMILES string of the molecule is CC(=O)N1CCC[C@@H](C(=O)c2ccc(Oc3ccccc3)cc2)C1. The van der Waals surface area contributed by atoms with E-state index in [1.54, 1.807) is 24.0 Å². The monoisotopic (exact) mass is 323 g/mol. The molecule has 1 fully saturated rings. The number of hydrogen-bond donors (Lipinski definition) is 0. The van der Waals surface area contributed by atoms with Gasteiger partial charge in [0.1, 0.15) is 11.5 Å². The van der Waals surface area contributed by atoms with E-state index in [-0.39, 0.29) is 17.6 Å². The van der Waals surface area contributed by atoms with Crippen molar-refractivity contribution in [1.82, 2.24) is 4.90 Å². The summed E-state index contributed by atoms with van der Waals surface area (Å²) in [5, 5.41) is 0. The highest BCUT2D eigenvalue weighted by atomic mass is 16.5. The summed E-state index contributed by atoms with van der Waals surface area (Å²) < 4.78 is 5.74. The van der Waals surface area contributed by atoms with Crippen LogP contribution in [0, 0.1) is 5.92 Å². The largest absolute Gasteiger partial charge is 0.457 e. The van der Waals surface area contributed by atoms with E-state index in [1.165, 1.54) is 0 Å². The highest BCUT2D eigenvalue weighted by Gasteiger charge is 2.27. The Balaban J connectivity index is 1.66. The summed E-state index contributed by atoms with van der Waals surface area (Å²) in [6.45, 7) is 2.84. The lowest BCUT2D eigenvalue weighted by atomic mass is 9.90. The Kier molecular flexibility index (Phi) is 4.94. The van der Waals surface area contributed by atoms with Crippen LogP contribution in [0.25, 0.3) is 0 Å². The maximum atomic E-state index is 12.7. The molecular formula is C20H21NO3. The summed E-state index contributed by atoms with van der Waals surface area (Å²) in [5.41, 5.74) is 0.672. The third-order valence-corrected chi connectivity index (χ3v) is 4.36. The Hall–Kier alpha value is -2.62. The number of para-hydroxylation sites is 1. The van der Waals surface area contributed by atoms with Gasteiger partial charge in [-0.25, -0.2) is 0 Å². The summed E-state index contributed by atoms with van der Waals surface area (Å²) in [6, 6.07) is 16.8. The van der Waals surface area contributed by atoms with Gasteiger partial charge in [-0.05, 0) is 49.2 Å². The highest BCUT2D eigenvalue weighted by molar-refractivity contribution is 5.98. The fourth-order valence-electron chi connectivity index (χ4n) is 3.02. The fraction of sp³-hybridized carbons (Fsp3) is 0.300. The van der Waals surface area contributed by atoms with Gasteiger partial charge in [-0.15, -0.1) is 0 Å². The molecular weight excluding hydrogens is 302 g/mol. The second-order valence-electron chi connectivity index (χ2n) is 6.11. The van der Waals surface area contributed by atoms with Gasteiger partial charge in [0.05, 0.1) is 0 Å². The van der Waals surface area contributed by atoms with E-state index in [0.29, 0.717) is 17.9 Å². The molecule has 0 N–H and O–H groups in total. The second-order valence-corrected chi connectivity index (χ2v) is 6.11. The van der Waals surface area contributed by atoms with Crippen molar-refractivity contribution in [2.75, 3.05) is 13.1 Å². The van der Waals surface area contributed by atoms with Crippen LogP contribution in [0.4, 0.5) is 0 Å². The lowest BCUT2D eigenvalue weighted by molar-refractivity contribution is -0.130. The molecule has 4 heteroatoms. The normalized spacial score (nSPS) is 17.4. The van der Waals surface area contributed by atoms with Crippen LogP contribution >= 0.6 is 0 Å². The molecule has 1 saturated heterocycles. The van der Waals surface area contributed by atoms with Gasteiger partial charge in [-0.3, -0.25) is 9.59 Å². The number of ether oxygens (including phenoxy) is 1. The molecule has 3 rings (SSSR count). The molecule has 1 aliphatic rings. The number of amides is 1. The summed E-state index contributed by atoms with van der Waals surface area (Å²) in [4.78, 5) is 25.9. The standard InChI is InChI=1S/C20H21NO3/c1-15(22)21-13-5-6-17(14-21)20(23)16-9-11-19(12-10-16)24-18-7-3-2-4-8-18/h2-4,7-12,17H,5-6,13-14H2,1H3/t17-/m1/s1. The van der Waals surface area contributed by atoms with Gasteiger partial charge in [-0.1, -0.05) is 18.2 Å². The van der Waals surface area contributed by atoms with Gasteiger partial charge < -0.3 is 9.64 Å². The molecule has 0 aliphatic carbocycles. The molecule has 0 aromatic heterocycles. The van der Waals surface area contributed by atoms with Crippen molar-refractivity contribution in [3.63, 3.8) is 0 Å². The third kappa shape index (κ3) is 3.82. The molecule has 2 aromatic rings. The number of likely N-dealkylation sites (tertiary alicyclic amines) is 1. The molecule has 0 spiro atoms. The zero-order valence-electron chi connectivity index (χ0n) is 13.8. The molecule has 2 aromatic carbocycles. The number of benzene rings is 2. The van der Waals surface area contributed by atoms with Crippen molar-refractivity contribution >= 4 is 11.7 Å². The Morgan fingerprint density at radius 3 is 2.33 bits per heavy atom. The smallest absolute Gasteiger partial charge is 0.219 e. The number of nitrogens with zero attached hydrogens (tertiary/aromatic N) is 1. The number of rotatable bonds is 4. The average molecular weight is 323 g/mol. The second kappa shape index (κ2) is 7.30. The first-order chi connectivity index (χ1) is 11.6. The lowest BCUT2D eigenvalue weighted by Gasteiger charge is -2.31. The Morgan fingerprint density at radius 2 is 1.67 bits per heavy atom. The van der Waals surface area contributed by atoms with Gasteiger partial charge in [-0.2, -0.15) is 0 Å². The van der Waals surface area contributed by atoms with Gasteiger partial charge in [0, 0.05) is 31.5 Å². The van der Waals surface area contributed by atoms with Crippen molar-refractivity contribution in [3.8, 4) is 11.5 Å². The van der Waals surface area contributed by atoms with Crippen LogP contribution in [-0.2, 0) is 4.79 Å². The van der Waals surface area contributed by atoms with E-state index in [1.807, 2.05) is 42.5 Å². The van der Waals surface area contributed by atoms with Crippen molar-refractivity contribution < 1.29 is 14.3 Å². The molecule has 1 aliphatic heterocycles. The van der Waals surface area contributed by atoms with E-state index < -0.39 is 0 Å². The van der Waals surface area contributed by atoms with Crippen molar-refractivity contribution in [1.29, 1.82) is 0 Å². The minimum atomic E-state index is -0.108. The fourth-order valence-corrected chi connectivity index (χ4v) is 3.02. The zero-order valence-corrected chi connectivity index (χ0v) is 13.8. The minimum absolute atomic E-state index is 0.0408. The number of carbonyl (C=O) groups is 2. The van der Waals surface area contributed by atoms with Crippen LogP contribution in [0.2, 0.25) is 0 Å². The van der Waals surface area contributed by atoms with Crippen molar-refractivity contribution in [2.45, 2.75) is 19.8 Å². The number of carbonyl (C=O) groups excluding carboxylic acids is 2. The lowest BCUT2D eigenvalue weighted by Crippen LogP contribution is -2.41. The molecule has 124 valence electrons. The van der Waals surface area contributed by atoms with Gasteiger partial charge in [0.15, 0.2) is 5.78 Å². The summed E-state index contributed by atoms with van der Waals surface area (Å²) in [7, 11) is 0. The predicted octanol–water partition coefficient (Wildman–Crippen LogP) is 3.92. The number of ketones is 1. The highest BCUT2D eigenvalue weighted by Crippen LogP contribution is 2.24. The molecule has 0 saturated carbocycles. The number of hydrogen-bond acceptors (Lipinski definition) is 3. The van der Waals surface area contributed by atoms with E-state index in [0.717, 1.165) is 25.1 Å². The summed E-state index contributed by atoms with van der Waals surface area (Å²) >= 11 is 0. The maximum absolute atomic E-state index is 12.7. The average Bonchev–Trinajstić information content (AvgIpc) is 2.63. The van der Waals surface area contributed by atoms with Crippen molar-refractivity contribution in [2.24, 2.45) is 5.92 Å². The molecule has 1 atom stereocenters. The van der Waals surface area contributed by atoms with E-state index >= 15 is 0 Å². The Bertz CT molecular complexity index is 709. The van der Waals surface area contributed by atoms with E-state index in [4.69, 9.17) is 4.74 Å². The zero-order chi connectivity index (χ0) is 16.9. The van der Waals surface area contributed by atoms with Gasteiger partial charge >= 0.3 is 0 Å². The minimum Gasteiger partial charge on any atom is -0.457 e. The molecule has 1 amide bonds. The Labute approximate surface area is 142 Å². The van der Waals surface area contributed by atoms with Crippen LogP contribution < -0.4 is 4.74 Å². The van der Waals surface area contributed by atoms with E-state index in [9.17, 15) is 9.59 Å². The number of Topliss-reactive ketones (excluding diaryl/α,β-unsaturated/α-hetero) is 1. The molecule has 0 unspecified atom stereocenters. The van der Waals surface area contributed by atoms with Crippen LogP contribution in [0.15, 0.2) is 54.6 Å². The topological polar surface area (TPSA) is 46.6 Å². The molecule has 24 heavy (non-hydrogen) atoms. The molecule has 4 nitrogen and oxygen atoms in total. The van der Waals surface area contributed by atoms with E-state index in [2.05, 4.69) is 0 Å². The van der Waals surface area contributed by atoms with Crippen LogP contribution in [0.5, 0.6) is 11.5 Å². The first-order valence-electron chi connectivity index (χ1n) is 8.26. The summed E-state index contributed by atoms with van der Waals surface area (Å²) in [6.07, 6.45) is 1.72. The molecule has 0 bridgehead atoms. The Morgan fingerprint density at radius 1 is 1.00 bits per heavy atom. The third-order valence-electron chi connectivity index (χ3n) is 4.36. The van der Waals surface area contributed by atoms with Gasteiger partial charge in [0.25, 0.3) is 0 Å². The van der Waals surface area contributed by atoms with Crippen LogP contribution in [0.1, 0.15) is 30.1 Å². The quantitative estimate of drug-likeness (QED) is 0.801. The molecule has 0 radical (unpaired) electrons. The predicted molar refractivity (Wildman–Crippen MR) is 92.3 cm³/mol. The van der Waals surface area contributed by atoms with Crippen LogP contribution in [0.3, 0.4) is 0 Å². The summed E-state index contributed by atoms with van der Waals surface area (Å²) in [5.74, 6) is 1.50. The molecule has 1 heterocycles. The van der Waals surface area contributed by atoms with Gasteiger partial charge in [0.2, 0.25) is 5.91 Å². The number of piperidine rings is 1. The first kappa shape index (κ1) is 16.2. The first-order valence-corrected chi connectivity index (χ1v) is 8.26. The van der Waals surface area contributed by atoms with Crippen LogP contribution in [-0.4, -0.2) is 29.7 Å². The maximum Gasteiger partial charge on any atom is 0.219 e.